The van der Waals surface area contributed by atoms with Crippen molar-refractivity contribution in [1.29, 1.82) is 0 Å². The third-order valence-electron chi connectivity index (χ3n) is 4.40. The van der Waals surface area contributed by atoms with Crippen LogP contribution in [0.5, 0.6) is 5.75 Å². The molecule has 3 atom stereocenters. The Balaban J connectivity index is 1.62. The lowest BCUT2D eigenvalue weighted by Crippen LogP contribution is -3.14. The summed E-state index contributed by atoms with van der Waals surface area (Å²) in [6, 6.07) is 5.88. The predicted molar refractivity (Wildman–Crippen MR) is 89.4 cm³/mol. The average molecular weight is 311 g/mol. The lowest BCUT2D eigenvalue weighted by Gasteiger charge is -2.32. The lowest BCUT2D eigenvalue weighted by atomic mass is 9.92. The molecular formula is C18H29ClNO+. The summed E-state index contributed by atoms with van der Waals surface area (Å²) in [5.41, 5.74) is 1.08. The van der Waals surface area contributed by atoms with Gasteiger partial charge in [-0.05, 0) is 49.9 Å². The van der Waals surface area contributed by atoms with Crippen LogP contribution in [0.25, 0.3) is 0 Å². The first-order valence-electron chi connectivity index (χ1n) is 8.27. The maximum Gasteiger partial charge on any atom is 0.119 e. The zero-order valence-corrected chi connectivity index (χ0v) is 14.4. The first kappa shape index (κ1) is 16.6. The topological polar surface area (TPSA) is 13.7 Å². The van der Waals surface area contributed by atoms with Crippen LogP contribution in [-0.4, -0.2) is 26.2 Å². The minimum Gasteiger partial charge on any atom is -0.494 e. The minimum atomic E-state index is 0.805. The van der Waals surface area contributed by atoms with Crippen LogP contribution in [0.2, 0.25) is 5.02 Å². The number of quaternary nitrogens is 1. The molecule has 0 bridgehead atoms. The van der Waals surface area contributed by atoms with Gasteiger partial charge in [0.05, 0.1) is 26.2 Å². The molecule has 0 aliphatic carbocycles. The molecule has 1 fully saturated rings. The van der Waals surface area contributed by atoms with Crippen molar-refractivity contribution in [3.8, 4) is 5.75 Å². The van der Waals surface area contributed by atoms with Crippen molar-refractivity contribution >= 4 is 11.6 Å². The molecule has 3 heteroatoms. The quantitative estimate of drug-likeness (QED) is 0.795. The Morgan fingerprint density at radius 3 is 2.57 bits per heavy atom. The highest BCUT2D eigenvalue weighted by Crippen LogP contribution is 2.21. The second kappa shape index (κ2) is 8.05. The van der Waals surface area contributed by atoms with Crippen molar-refractivity contribution < 1.29 is 9.64 Å². The zero-order valence-electron chi connectivity index (χ0n) is 13.6. The number of ether oxygens (including phenoxy) is 1. The van der Waals surface area contributed by atoms with Crippen LogP contribution in [-0.2, 0) is 0 Å². The number of rotatable bonds is 6. The number of likely N-dealkylation sites (tertiary alicyclic amines) is 1. The van der Waals surface area contributed by atoms with Gasteiger partial charge in [-0.2, -0.15) is 0 Å². The summed E-state index contributed by atoms with van der Waals surface area (Å²) in [6.07, 6.45) is 3.79. The summed E-state index contributed by atoms with van der Waals surface area (Å²) in [7, 11) is 0. The van der Waals surface area contributed by atoms with Crippen LogP contribution >= 0.6 is 11.6 Å². The van der Waals surface area contributed by atoms with Gasteiger partial charge in [0.2, 0.25) is 0 Å². The van der Waals surface area contributed by atoms with E-state index >= 15 is 0 Å². The van der Waals surface area contributed by atoms with E-state index in [1.807, 2.05) is 25.1 Å². The molecule has 1 unspecified atom stereocenters. The van der Waals surface area contributed by atoms with Crippen molar-refractivity contribution in [3.05, 3.63) is 28.8 Å². The van der Waals surface area contributed by atoms with E-state index in [2.05, 4.69) is 13.8 Å². The van der Waals surface area contributed by atoms with Gasteiger partial charge in [-0.1, -0.05) is 25.4 Å². The number of aryl methyl sites for hydroxylation is 1. The lowest BCUT2D eigenvalue weighted by molar-refractivity contribution is -0.912. The van der Waals surface area contributed by atoms with Gasteiger partial charge in [-0.15, -0.1) is 0 Å². The standard InChI is InChI=1S/C18H28ClNO/c1-14-10-15(2)13-20(12-14)8-4-5-9-21-17-6-7-18(19)16(3)11-17/h6-7,11,14-15H,4-5,8-10,12-13H2,1-3H3/p+1/t14-,15+. The Morgan fingerprint density at radius 2 is 1.90 bits per heavy atom. The average Bonchev–Trinajstić information content (AvgIpc) is 2.41. The molecule has 1 N–H and O–H groups in total. The molecule has 0 spiro atoms. The smallest absolute Gasteiger partial charge is 0.119 e. The summed E-state index contributed by atoms with van der Waals surface area (Å²) in [6.45, 7) is 11.6. The van der Waals surface area contributed by atoms with E-state index in [0.717, 1.165) is 41.2 Å². The van der Waals surface area contributed by atoms with E-state index < -0.39 is 0 Å². The van der Waals surface area contributed by atoms with Gasteiger partial charge < -0.3 is 9.64 Å². The third-order valence-corrected chi connectivity index (χ3v) is 4.83. The highest BCUT2D eigenvalue weighted by atomic mass is 35.5. The second-order valence-corrected chi connectivity index (χ2v) is 7.23. The van der Waals surface area contributed by atoms with Crippen molar-refractivity contribution in [3.63, 3.8) is 0 Å². The summed E-state index contributed by atoms with van der Waals surface area (Å²) < 4.78 is 5.81. The molecule has 1 saturated heterocycles. The van der Waals surface area contributed by atoms with Gasteiger partial charge >= 0.3 is 0 Å². The fourth-order valence-corrected chi connectivity index (χ4v) is 3.62. The van der Waals surface area contributed by atoms with Gasteiger partial charge in [0, 0.05) is 16.9 Å². The largest absolute Gasteiger partial charge is 0.494 e. The summed E-state index contributed by atoms with van der Waals surface area (Å²) in [5.74, 6) is 2.71. The molecule has 0 radical (unpaired) electrons. The highest BCUT2D eigenvalue weighted by molar-refractivity contribution is 6.31. The Kier molecular flexibility index (Phi) is 6.38. The molecule has 0 aromatic heterocycles. The van der Waals surface area contributed by atoms with Crippen molar-refractivity contribution in [1.82, 2.24) is 0 Å². The van der Waals surface area contributed by atoms with Gasteiger partial charge in [0.1, 0.15) is 5.75 Å². The fraction of sp³-hybridized carbons (Fsp3) is 0.667. The van der Waals surface area contributed by atoms with Crippen LogP contribution in [0.3, 0.4) is 0 Å². The molecular weight excluding hydrogens is 282 g/mol. The molecule has 1 aromatic carbocycles. The maximum atomic E-state index is 6.02. The third kappa shape index (κ3) is 5.52. The van der Waals surface area contributed by atoms with E-state index in [0.29, 0.717) is 0 Å². The van der Waals surface area contributed by atoms with Gasteiger partial charge in [-0.25, -0.2) is 0 Å². The Hall–Kier alpha value is -0.730. The van der Waals surface area contributed by atoms with Crippen molar-refractivity contribution in [2.75, 3.05) is 26.2 Å². The minimum absolute atomic E-state index is 0.805. The number of piperidine rings is 1. The van der Waals surface area contributed by atoms with Crippen molar-refractivity contribution in [2.45, 2.75) is 40.0 Å². The molecule has 1 aromatic rings. The monoisotopic (exact) mass is 310 g/mol. The van der Waals surface area contributed by atoms with Gasteiger partial charge in [-0.3, -0.25) is 0 Å². The van der Waals surface area contributed by atoms with Crippen LogP contribution in [0, 0.1) is 18.8 Å². The normalized spacial score (nSPS) is 25.8. The molecule has 1 heterocycles. The van der Waals surface area contributed by atoms with Crippen LogP contribution in [0.1, 0.15) is 38.7 Å². The van der Waals surface area contributed by atoms with Gasteiger partial charge in [0.25, 0.3) is 0 Å². The Bertz CT molecular complexity index is 439. The number of hydrogen-bond donors (Lipinski definition) is 1. The molecule has 0 saturated carbocycles. The molecule has 118 valence electrons. The highest BCUT2D eigenvalue weighted by Gasteiger charge is 2.24. The van der Waals surface area contributed by atoms with Crippen LogP contribution in [0.4, 0.5) is 0 Å². The van der Waals surface area contributed by atoms with Gasteiger partial charge in [0.15, 0.2) is 0 Å². The van der Waals surface area contributed by atoms with E-state index in [4.69, 9.17) is 16.3 Å². The van der Waals surface area contributed by atoms with Crippen molar-refractivity contribution in [2.24, 2.45) is 11.8 Å². The second-order valence-electron chi connectivity index (χ2n) is 6.82. The molecule has 1 aliphatic heterocycles. The number of nitrogens with one attached hydrogen (secondary N) is 1. The van der Waals surface area contributed by atoms with E-state index in [-0.39, 0.29) is 0 Å². The molecule has 1 aliphatic rings. The fourth-order valence-electron chi connectivity index (χ4n) is 3.50. The predicted octanol–water partition coefficient (Wildman–Crippen LogP) is 3.37. The van der Waals surface area contributed by atoms with E-state index in [1.54, 1.807) is 4.90 Å². The molecule has 21 heavy (non-hydrogen) atoms. The number of hydrogen-bond acceptors (Lipinski definition) is 1. The number of unbranched alkanes of at least 4 members (excludes halogenated alkanes) is 1. The maximum absolute atomic E-state index is 6.02. The van der Waals surface area contributed by atoms with Crippen LogP contribution < -0.4 is 9.64 Å². The van der Waals surface area contributed by atoms with E-state index in [1.165, 1.54) is 32.5 Å². The van der Waals surface area contributed by atoms with E-state index in [9.17, 15) is 0 Å². The molecule has 2 nitrogen and oxygen atoms in total. The molecule has 2 rings (SSSR count). The summed E-state index contributed by atoms with van der Waals surface area (Å²) >= 11 is 6.02. The molecule has 0 amide bonds. The summed E-state index contributed by atoms with van der Waals surface area (Å²) in [5, 5.41) is 0.805. The first-order chi connectivity index (χ1) is 10.0. The Morgan fingerprint density at radius 1 is 1.19 bits per heavy atom. The summed E-state index contributed by atoms with van der Waals surface area (Å²) in [4.78, 5) is 1.78. The van der Waals surface area contributed by atoms with Crippen LogP contribution in [0.15, 0.2) is 18.2 Å². The Labute approximate surface area is 134 Å². The number of halogens is 1. The SMILES string of the molecule is Cc1cc(OCCCC[NH+]2C[C@H](C)C[C@H](C)C2)ccc1Cl. The first-order valence-corrected chi connectivity index (χ1v) is 8.65. The number of benzene rings is 1. The zero-order chi connectivity index (χ0) is 15.2.